The molecule has 5 heteroatoms. The van der Waals surface area contributed by atoms with E-state index in [1.807, 2.05) is 0 Å². The molecule has 15 heavy (non-hydrogen) atoms. The molecule has 0 aliphatic carbocycles. The molecule has 82 valence electrons. The maximum atomic E-state index is 13.1. The summed E-state index contributed by atoms with van der Waals surface area (Å²) in [5.74, 6) is -1.29. The fourth-order valence-electron chi connectivity index (χ4n) is 0.994. The molecule has 0 unspecified atom stereocenters. The predicted octanol–water partition coefficient (Wildman–Crippen LogP) is 1.74. The van der Waals surface area contributed by atoms with Gasteiger partial charge in [-0.2, -0.15) is 0 Å². The average molecular weight is 214 g/mol. The number of halogens is 2. The van der Waals surface area contributed by atoms with Gasteiger partial charge in [0.25, 0.3) is 0 Å². The van der Waals surface area contributed by atoms with Gasteiger partial charge in [0.2, 0.25) is 0 Å². The third kappa shape index (κ3) is 3.19. The fraction of sp³-hybridized carbons (Fsp3) is 0.300. The number of rotatable bonds is 2. The van der Waals surface area contributed by atoms with Crippen molar-refractivity contribution in [1.29, 1.82) is 0 Å². The summed E-state index contributed by atoms with van der Waals surface area (Å²) < 4.78 is 25.6. The largest absolute Gasteiger partial charge is 0.334 e. The molecule has 1 rings (SSSR count). The molecule has 0 spiro atoms. The van der Waals surface area contributed by atoms with Crippen molar-refractivity contribution in [3.8, 4) is 0 Å². The lowest BCUT2D eigenvalue weighted by molar-refractivity contribution is 0.217. The predicted molar refractivity (Wildman–Crippen MR) is 52.3 cm³/mol. The molecule has 1 aromatic carbocycles. The molecular weight excluding hydrogens is 202 g/mol. The van der Waals surface area contributed by atoms with E-state index in [0.717, 1.165) is 12.1 Å². The van der Waals surface area contributed by atoms with E-state index in [0.29, 0.717) is 0 Å². The highest BCUT2D eigenvalue weighted by Gasteiger charge is 2.06. The summed E-state index contributed by atoms with van der Waals surface area (Å²) in [5.41, 5.74) is 0.256. The first-order valence-electron chi connectivity index (χ1n) is 4.40. The van der Waals surface area contributed by atoms with Gasteiger partial charge in [0, 0.05) is 32.3 Å². The van der Waals surface area contributed by atoms with E-state index in [1.54, 1.807) is 14.1 Å². The third-order valence-corrected chi connectivity index (χ3v) is 1.85. The molecule has 0 saturated heterocycles. The minimum Gasteiger partial charge on any atom is -0.334 e. The smallest absolute Gasteiger partial charge is 0.317 e. The highest BCUT2D eigenvalue weighted by atomic mass is 19.1. The normalized spacial score (nSPS) is 9.87. The first-order valence-corrected chi connectivity index (χ1v) is 4.40. The van der Waals surface area contributed by atoms with Crippen molar-refractivity contribution in [2.24, 2.45) is 0 Å². The van der Waals surface area contributed by atoms with Crippen LogP contribution in [0.15, 0.2) is 18.2 Å². The zero-order valence-corrected chi connectivity index (χ0v) is 8.55. The van der Waals surface area contributed by atoms with Crippen molar-refractivity contribution >= 4 is 6.03 Å². The van der Waals surface area contributed by atoms with Crippen LogP contribution >= 0.6 is 0 Å². The van der Waals surface area contributed by atoms with Crippen molar-refractivity contribution in [3.05, 3.63) is 35.4 Å². The molecule has 1 N–H and O–H groups in total. The number of carbonyl (C=O) groups is 1. The van der Waals surface area contributed by atoms with Crippen molar-refractivity contribution in [2.75, 3.05) is 14.1 Å². The lowest BCUT2D eigenvalue weighted by Crippen LogP contribution is -2.34. The molecule has 0 aliphatic rings. The molecule has 0 heterocycles. The number of amides is 2. The molecule has 1 aromatic rings. The van der Waals surface area contributed by atoms with E-state index in [2.05, 4.69) is 5.32 Å². The van der Waals surface area contributed by atoms with Crippen LogP contribution in [0, 0.1) is 11.6 Å². The highest BCUT2D eigenvalue weighted by Crippen LogP contribution is 2.08. The molecule has 0 saturated carbocycles. The van der Waals surface area contributed by atoms with Gasteiger partial charge in [-0.25, -0.2) is 13.6 Å². The van der Waals surface area contributed by atoms with Crippen LogP contribution in [0.25, 0.3) is 0 Å². The number of nitrogens with zero attached hydrogens (tertiary/aromatic N) is 1. The van der Waals surface area contributed by atoms with Crippen LogP contribution in [-0.2, 0) is 6.54 Å². The summed E-state index contributed by atoms with van der Waals surface area (Å²) in [6.07, 6.45) is 0. The van der Waals surface area contributed by atoms with Crippen molar-refractivity contribution in [2.45, 2.75) is 6.54 Å². The standard InChI is InChI=1S/C10H12F2N2O/c1-14(2)10(15)13-6-7-3-4-8(11)5-9(7)12/h3-5H,6H2,1-2H3,(H,13,15). The van der Waals surface area contributed by atoms with Gasteiger partial charge in [0.05, 0.1) is 0 Å². The van der Waals surface area contributed by atoms with Crippen molar-refractivity contribution in [1.82, 2.24) is 10.2 Å². The second kappa shape index (κ2) is 4.72. The average Bonchev–Trinajstić information content (AvgIpc) is 2.15. The molecular formula is C10H12F2N2O. The van der Waals surface area contributed by atoms with Gasteiger partial charge >= 0.3 is 6.03 Å². The second-order valence-electron chi connectivity index (χ2n) is 3.29. The fourth-order valence-corrected chi connectivity index (χ4v) is 0.994. The summed E-state index contributed by atoms with van der Waals surface area (Å²) in [5, 5.41) is 2.48. The minimum atomic E-state index is -0.658. The Morgan fingerprint density at radius 3 is 2.60 bits per heavy atom. The van der Waals surface area contributed by atoms with E-state index in [9.17, 15) is 13.6 Å². The monoisotopic (exact) mass is 214 g/mol. The summed E-state index contributed by atoms with van der Waals surface area (Å²) in [4.78, 5) is 12.4. The van der Waals surface area contributed by atoms with Crippen LogP contribution in [-0.4, -0.2) is 25.0 Å². The van der Waals surface area contributed by atoms with E-state index >= 15 is 0 Å². The van der Waals surface area contributed by atoms with Crippen LogP contribution in [0.3, 0.4) is 0 Å². The highest BCUT2D eigenvalue weighted by molar-refractivity contribution is 5.73. The third-order valence-electron chi connectivity index (χ3n) is 1.85. The Kier molecular flexibility index (Phi) is 3.60. The van der Waals surface area contributed by atoms with Crippen molar-refractivity contribution < 1.29 is 13.6 Å². The van der Waals surface area contributed by atoms with E-state index < -0.39 is 11.6 Å². The van der Waals surface area contributed by atoms with Crippen LogP contribution in [0.1, 0.15) is 5.56 Å². The number of hydrogen-bond acceptors (Lipinski definition) is 1. The van der Waals surface area contributed by atoms with Gasteiger partial charge in [0.1, 0.15) is 11.6 Å². The zero-order chi connectivity index (χ0) is 11.4. The topological polar surface area (TPSA) is 32.3 Å². The van der Waals surface area contributed by atoms with Gasteiger partial charge in [-0.15, -0.1) is 0 Å². The Hall–Kier alpha value is -1.65. The molecule has 2 amide bonds. The Labute approximate surface area is 86.7 Å². The SMILES string of the molecule is CN(C)C(=O)NCc1ccc(F)cc1F. The number of nitrogens with one attached hydrogen (secondary N) is 1. The first-order chi connectivity index (χ1) is 7.00. The second-order valence-corrected chi connectivity index (χ2v) is 3.29. The Balaban J connectivity index is 2.62. The van der Waals surface area contributed by atoms with Crippen LogP contribution < -0.4 is 5.32 Å². The molecule has 3 nitrogen and oxygen atoms in total. The van der Waals surface area contributed by atoms with Crippen molar-refractivity contribution in [3.63, 3.8) is 0 Å². The summed E-state index contributed by atoms with van der Waals surface area (Å²) >= 11 is 0. The lowest BCUT2D eigenvalue weighted by atomic mass is 10.2. The Morgan fingerprint density at radius 2 is 2.07 bits per heavy atom. The minimum absolute atomic E-state index is 0.0448. The first kappa shape index (κ1) is 11.4. The van der Waals surface area contributed by atoms with Crippen LogP contribution in [0.5, 0.6) is 0 Å². The summed E-state index contributed by atoms with van der Waals surface area (Å²) in [6, 6.07) is 2.93. The number of carbonyl (C=O) groups excluding carboxylic acids is 1. The Morgan fingerprint density at radius 1 is 1.40 bits per heavy atom. The zero-order valence-electron chi connectivity index (χ0n) is 8.55. The molecule has 0 aliphatic heterocycles. The molecule has 0 fully saturated rings. The van der Waals surface area contributed by atoms with Crippen LogP contribution in [0.4, 0.5) is 13.6 Å². The van der Waals surface area contributed by atoms with Gasteiger partial charge in [-0.3, -0.25) is 0 Å². The van der Waals surface area contributed by atoms with Gasteiger partial charge in [-0.1, -0.05) is 6.07 Å². The van der Waals surface area contributed by atoms with Gasteiger partial charge in [0.15, 0.2) is 0 Å². The van der Waals surface area contributed by atoms with Gasteiger partial charge in [-0.05, 0) is 6.07 Å². The van der Waals surface area contributed by atoms with E-state index in [4.69, 9.17) is 0 Å². The molecule has 0 aromatic heterocycles. The van der Waals surface area contributed by atoms with E-state index in [-0.39, 0.29) is 18.1 Å². The molecule has 0 bridgehead atoms. The summed E-state index contributed by atoms with van der Waals surface area (Å²) in [6.45, 7) is 0.0448. The van der Waals surface area contributed by atoms with E-state index in [1.165, 1.54) is 11.0 Å². The molecule has 0 radical (unpaired) electrons. The quantitative estimate of drug-likeness (QED) is 0.799. The number of hydrogen-bond donors (Lipinski definition) is 1. The number of urea groups is 1. The maximum absolute atomic E-state index is 13.1. The van der Waals surface area contributed by atoms with Crippen LogP contribution in [0.2, 0.25) is 0 Å². The van der Waals surface area contributed by atoms with Gasteiger partial charge < -0.3 is 10.2 Å². The Bertz CT molecular complexity index is 366. The molecule has 0 atom stereocenters. The number of benzene rings is 1. The summed E-state index contributed by atoms with van der Waals surface area (Å²) in [7, 11) is 3.16. The maximum Gasteiger partial charge on any atom is 0.317 e. The lowest BCUT2D eigenvalue weighted by Gasteiger charge is -2.12.